The van der Waals surface area contributed by atoms with Gasteiger partial charge in [0, 0.05) is 4.88 Å². The fourth-order valence-electron chi connectivity index (χ4n) is 1.16. The van der Waals surface area contributed by atoms with Gasteiger partial charge in [-0.2, -0.15) is 0 Å². The molecule has 2 nitrogen and oxygen atoms in total. The van der Waals surface area contributed by atoms with Crippen LogP contribution in [-0.2, 0) is 5.41 Å². The Morgan fingerprint density at radius 3 is 2.25 bits per heavy atom. The van der Waals surface area contributed by atoms with E-state index in [4.69, 9.17) is 0 Å². The maximum Gasteiger partial charge on any atom is 0.178 e. The molecule has 3 heteroatoms. The number of rotatable bonds is 1. The normalized spacial score (nSPS) is 11.7. The Hall–Kier alpha value is -0.700. The molecular formula is C9H13NOS. The first-order chi connectivity index (χ1) is 5.45. The summed E-state index contributed by atoms with van der Waals surface area (Å²) in [6.07, 6.45) is 0.812. The highest BCUT2D eigenvalue weighted by atomic mass is 32.1. The Labute approximate surface area is 76.6 Å². The van der Waals surface area contributed by atoms with Crippen molar-refractivity contribution in [2.45, 2.75) is 33.1 Å². The lowest BCUT2D eigenvalue weighted by Gasteiger charge is -2.16. The zero-order valence-corrected chi connectivity index (χ0v) is 8.66. The summed E-state index contributed by atoms with van der Waals surface area (Å²) in [6.45, 7) is 8.33. The van der Waals surface area contributed by atoms with Crippen LogP contribution in [0, 0.1) is 6.92 Å². The van der Waals surface area contributed by atoms with Gasteiger partial charge in [-0.15, -0.1) is 11.3 Å². The molecule has 0 aliphatic carbocycles. The molecule has 1 rings (SSSR count). The van der Waals surface area contributed by atoms with Gasteiger partial charge in [0.25, 0.3) is 0 Å². The fourth-order valence-corrected chi connectivity index (χ4v) is 2.10. The monoisotopic (exact) mass is 183 g/mol. The third-order valence-corrected chi connectivity index (χ3v) is 3.10. The first-order valence-corrected chi connectivity index (χ1v) is 4.70. The van der Waals surface area contributed by atoms with Gasteiger partial charge in [0.15, 0.2) is 11.3 Å². The van der Waals surface area contributed by atoms with Crippen LogP contribution < -0.4 is 0 Å². The van der Waals surface area contributed by atoms with Crippen LogP contribution in [-0.4, -0.2) is 11.3 Å². The zero-order chi connectivity index (χ0) is 9.35. The fraction of sp³-hybridized carbons (Fsp3) is 0.556. The van der Waals surface area contributed by atoms with E-state index in [-0.39, 0.29) is 5.41 Å². The Kier molecular flexibility index (Phi) is 2.33. The number of carbonyl (C=O) groups is 1. The molecule has 0 N–H and O–H groups in total. The van der Waals surface area contributed by atoms with E-state index in [2.05, 4.69) is 25.8 Å². The third kappa shape index (κ3) is 1.72. The lowest BCUT2D eigenvalue weighted by Crippen LogP contribution is -2.10. The first kappa shape index (κ1) is 9.39. The first-order valence-electron chi connectivity index (χ1n) is 3.88. The number of aryl methyl sites for hydroxylation is 1. The van der Waals surface area contributed by atoms with Gasteiger partial charge >= 0.3 is 0 Å². The third-order valence-electron chi connectivity index (χ3n) is 1.60. The summed E-state index contributed by atoms with van der Waals surface area (Å²) in [5, 5.41) is 0.581. The van der Waals surface area contributed by atoms with Crippen molar-refractivity contribution >= 4 is 17.6 Å². The average Bonchev–Trinajstić information content (AvgIpc) is 2.29. The van der Waals surface area contributed by atoms with E-state index in [0.29, 0.717) is 5.01 Å². The quantitative estimate of drug-likeness (QED) is 0.626. The SMILES string of the molecule is Cc1nc(C=O)sc1C(C)(C)C. The maximum absolute atomic E-state index is 10.4. The van der Waals surface area contributed by atoms with Crippen molar-refractivity contribution in [1.82, 2.24) is 4.98 Å². The molecule has 1 aromatic rings. The summed E-state index contributed by atoms with van der Waals surface area (Å²) in [7, 11) is 0. The standard InChI is InChI=1S/C9H13NOS/c1-6-8(9(2,3)4)12-7(5-11)10-6/h5H,1-4H3. The van der Waals surface area contributed by atoms with Crippen molar-refractivity contribution < 1.29 is 4.79 Å². The molecule has 0 amide bonds. The Balaban J connectivity index is 3.16. The second-order valence-electron chi connectivity index (χ2n) is 3.83. The van der Waals surface area contributed by atoms with E-state index in [9.17, 15) is 4.79 Å². The van der Waals surface area contributed by atoms with Crippen molar-refractivity contribution in [2.24, 2.45) is 0 Å². The van der Waals surface area contributed by atoms with E-state index >= 15 is 0 Å². The zero-order valence-electron chi connectivity index (χ0n) is 7.84. The van der Waals surface area contributed by atoms with Crippen LogP contribution in [0.4, 0.5) is 0 Å². The number of aldehydes is 1. The van der Waals surface area contributed by atoms with Crippen LogP contribution in [0.25, 0.3) is 0 Å². The number of hydrogen-bond acceptors (Lipinski definition) is 3. The molecule has 0 aliphatic rings. The van der Waals surface area contributed by atoms with Gasteiger partial charge in [0.05, 0.1) is 5.69 Å². The molecule has 0 radical (unpaired) electrons. The molecule has 0 saturated heterocycles. The summed E-state index contributed by atoms with van der Waals surface area (Å²) >= 11 is 1.49. The summed E-state index contributed by atoms with van der Waals surface area (Å²) in [5.74, 6) is 0. The number of carbonyl (C=O) groups excluding carboxylic acids is 1. The van der Waals surface area contributed by atoms with Gasteiger partial charge < -0.3 is 0 Å². The van der Waals surface area contributed by atoms with Gasteiger partial charge in [0.2, 0.25) is 0 Å². The second kappa shape index (κ2) is 2.98. The van der Waals surface area contributed by atoms with Gasteiger partial charge in [-0.3, -0.25) is 4.79 Å². The van der Waals surface area contributed by atoms with Crippen LogP contribution in [0.5, 0.6) is 0 Å². The maximum atomic E-state index is 10.4. The van der Waals surface area contributed by atoms with Crippen LogP contribution in [0.2, 0.25) is 0 Å². The van der Waals surface area contributed by atoms with Gasteiger partial charge in [-0.05, 0) is 12.3 Å². The van der Waals surface area contributed by atoms with Gasteiger partial charge in [0.1, 0.15) is 0 Å². The Morgan fingerprint density at radius 1 is 1.42 bits per heavy atom. The van der Waals surface area contributed by atoms with Crippen molar-refractivity contribution in [2.75, 3.05) is 0 Å². The van der Waals surface area contributed by atoms with Crippen molar-refractivity contribution in [3.63, 3.8) is 0 Å². The lowest BCUT2D eigenvalue weighted by atomic mass is 9.94. The molecule has 0 aliphatic heterocycles. The van der Waals surface area contributed by atoms with Gasteiger partial charge in [-0.25, -0.2) is 4.98 Å². The molecule has 0 saturated carbocycles. The summed E-state index contributed by atoms with van der Waals surface area (Å²) in [6, 6.07) is 0. The minimum atomic E-state index is 0.100. The van der Waals surface area contributed by atoms with Gasteiger partial charge in [-0.1, -0.05) is 20.8 Å². The molecule has 0 spiro atoms. The molecule has 0 bridgehead atoms. The van der Waals surface area contributed by atoms with E-state index in [1.807, 2.05) is 6.92 Å². The Morgan fingerprint density at radius 2 is 2.00 bits per heavy atom. The van der Waals surface area contributed by atoms with Crippen LogP contribution in [0.3, 0.4) is 0 Å². The number of nitrogens with zero attached hydrogens (tertiary/aromatic N) is 1. The smallest absolute Gasteiger partial charge is 0.178 e. The van der Waals surface area contributed by atoms with Crippen molar-refractivity contribution in [1.29, 1.82) is 0 Å². The van der Waals surface area contributed by atoms with Crippen LogP contribution in [0.1, 0.15) is 41.1 Å². The summed E-state index contributed by atoms with van der Waals surface area (Å²) in [4.78, 5) is 15.8. The minimum absolute atomic E-state index is 0.100. The Bertz CT molecular complexity index is 296. The predicted molar refractivity (Wildman–Crippen MR) is 50.9 cm³/mol. The highest BCUT2D eigenvalue weighted by Gasteiger charge is 2.20. The summed E-state index contributed by atoms with van der Waals surface area (Å²) in [5.41, 5.74) is 1.08. The number of hydrogen-bond donors (Lipinski definition) is 0. The molecule has 1 aromatic heterocycles. The van der Waals surface area contributed by atoms with E-state index in [0.717, 1.165) is 12.0 Å². The lowest BCUT2D eigenvalue weighted by molar-refractivity contribution is 0.112. The molecule has 0 unspecified atom stereocenters. The van der Waals surface area contributed by atoms with Crippen LogP contribution in [0.15, 0.2) is 0 Å². The van der Waals surface area contributed by atoms with E-state index < -0.39 is 0 Å². The topological polar surface area (TPSA) is 30.0 Å². The minimum Gasteiger partial charge on any atom is -0.295 e. The van der Waals surface area contributed by atoms with E-state index in [1.165, 1.54) is 16.2 Å². The molecular weight excluding hydrogens is 170 g/mol. The molecule has 0 fully saturated rings. The summed E-state index contributed by atoms with van der Waals surface area (Å²) < 4.78 is 0. The average molecular weight is 183 g/mol. The van der Waals surface area contributed by atoms with Crippen LogP contribution >= 0.6 is 11.3 Å². The largest absolute Gasteiger partial charge is 0.295 e. The molecule has 0 atom stereocenters. The molecule has 0 aromatic carbocycles. The highest BCUT2D eigenvalue weighted by Crippen LogP contribution is 2.30. The van der Waals surface area contributed by atoms with Crippen molar-refractivity contribution in [3.8, 4) is 0 Å². The molecule has 1 heterocycles. The number of aromatic nitrogens is 1. The number of thiazole rings is 1. The predicted octanol–water partition coefficient (Wildman–Crippen LogP) is 2.56. The van der Waals surface area contributed by atoms with Crippen molar-refractivity contribution in [3.05, 3.63) is 15.6 Å². The second-order valence-corrected chi connectivity index (χ2v) is 4.87. The van der Waals surface area contributed by atoms with E-state index in [1.54, 1.807) is 0 Å². The molecule has 66 valence electrons. The molecule has 12 heavy (non-hydrogen) atoms. The highest BCUT2D eigenvalue weighted by molar-refractivity contribution is 7.13.